The number of nitrogens with zero attached hydrogens (tertiary/aromatic N) is 4. The van der Waals surface area contributed by atoms with Gasteiger partial charge in [0.15, 0.2) is 22.5 Å². The third-order valence-corrected chi connectivity index (χ3v) is 5.44. The Labute approximate surface area is 187 Å². The molecule has 2 aromatic carbocycles. The van der Waals surface area contributed by atoms with Crippen molar-refractivity contribution in [1.29, 1.82) is 0 Å². The maximum atomic E-state index is 13.9. The van der Waals surface area contributed by atoms with Crippen LogP contribution < -0.4 is 4.74 Å². The summed E-state index contributed by atoms with van der Waals surface area (Å²) >= 11 is 1.39. The zero-order chi connectivity index (χ0) is 22.3. The first-order valence-electron chi connectivity index (χ1n) is 9.86. The SMILES string of the molecule is CCOC(=O)c1[nH]ncc1CSc1nnc(COc2ccccc2F)n1-c1ccccc1. The molecule has 4 aromatic rings. The van der Waals surface area contributed by atoms with Crippen LogP contribution in [0, 0.1) is 5.82 Å². The Balaban J connectivity index is 1.57. The van der Waals surface area contributed by atoms with Crippen LogP contribution >= 0.6 is 11.8 Å². The van der Waals surface area contributed by atoms with Crippen LogP contribution in [-0.2, 0) is 17.1 Å². The summed E-state index contributed by atoms with van der Waals surface area (Å²) in [4.78, 5) is 12.1. The Kier molecular flexibility index (Phi) is 6.81. The van der Waals surface area contributed by atoms with Gasteiger partial charge in [0.25, 0.3) is 0 Å². The van der Waals surface area contributed by atoms with Gasteiger partial charge in [0.1, 0.15) is 12.3 Å². The quantitative estimate of drug-likeness (QED) is 0.300. The fourth-order valence-electron chi connectivity index (χ4n) is 2.97. The molecule has 1 N–H and O–H groups in total. The van der Waals surface area contributed by atoms with Crippen LogP contribution in [0.25, 0.3) is 5.69 Å². The molecule has 0 saturated heterocycles. The molecule has 0 unspecified atom stereocenters. The number of carbonyl (C=O) groups excluding carboxylic acids is 1. The number of hydrogen-bond acceptors (Lipinski definition) is 7. The molecule has 2 aromatic heterocycles. The van der Waals surface area contributed by atoms with Crippen molar-refractivity contribution >= 4 is 17.7 Å². The van der Waals surface area contributed by atoms with Gasteiger partial charge >= 0.3 is 5.97 Å². The van der Waals surface area contributed by atoms with Crippen LogP contribution in [0.2, 0.25) is 0 Å². The van der Waals surface area contributed by atoms with Crippen LogP contribution in [0.5, 0.6) is 5.75 Å². The lowest BCUT2D eigenvalue weighted by atomic mass is 10.3. The first-order valence-corrected chi connectivity index (χ1v) is 10.8. The summed E-state index contributed by atoms with van der Waals surface area (Å²) in [6, 6.07) is 15.8. The summed E-state index contributed by atoms with van der Waals surface area (Å²) in [6.07, 6.45) is 1.59. The summed E-state index contributed by atoms with van der Waals surface area (Å²) in [5, 5.41) is 15.8. The van der Waals surface area contributed by atoms with Crippen LogP contribution in [0.15, 0.2) is 66.0 Å². The number of thioether (sulfide) groups is 1. The second kappa shape index (κ2) is 10.1. The van der Waals surface area contributed by atoms with Crippen molar-refractivity contribution in [2.45, 2.75) is 24.4 Å². The smallest absolute Gasteiger partial charge is 0.356 e. The number of nitrogens with one attached hydrogen (secondary N) is 1. The minimum Gasteiger partial charge on any atom is -0.483 e. The van der Waals surface area contributed by atoms with Gasteiger partial charge in [0.05, 0.1) is 12.8 Å². The molecule has 10 heteroatoms. The zero-order valence-electron chi connectivity index (χ0n) is 17.2. The maximum Gasteiger partial charge on any atom is 0.356 e. The Hall–Kier alpha value is -3.66. The second-order valence-electron chi connectivity index (χ2n) is 6.57. The Morgan fingerprint density at radius 3 is 2.69 bits per heavy atom. The summed E-state index contributed by atoms with van der Waals surface area (Å²) in [5.41, 5.74) is 1.85. The topological polar surface area (TPSA) is 94.9 Å². The van der Waals surface area contributed by atoms with Crippen molar-refractivity contribution in [2.24, 2.45) is 0 Å². The van der Waals surface area contributed by atoms with Crippen molar-refractivity contribution in [1.82, 2.24) is 25.0 Å². The van der Waals surface area contributed by atoms with Crippen molar-refractivity contribution in [3.63, 3.8) is 0 Å². The van der Waals surface area contributed by atoms with Crippen molar-refractivity contribution < 1.29 is 18.7 Å². The average molecular weight is 453 g/mol. The molecular weight excluding hydrogens is 433 g/mol. The zero-order valence-corrected chi connectivity index (χ0v) is 18.0. The van der Waals surface area contributed by atoms with Gasteiger partial charge in [-0.15, -0.1) is 10.2 Å². The summed E-state index contributed by atoms with van der Waals surface area (Å²) in [7, 11) is 0. The molecule has 164 valence electrons. The van der Waals surface area contributed by atoms with Gasteiger partial charge < -0.3 is 9.47 Å². The number of para-hydroxylation sites is 2. The van der Waals surface area contributed by atoms with E-state index in [1.54, 1.807) is 31.3 Å². The minimum atomic E-state index is -0.455. The molecule has 0 bridgehead atoms. The molecule has 0 fully saturated rings. The lowest BCUT2D eigenvalue weighted by Crippen LogP contribution is -2.08. The standard InChI is InChI=1S/C22H20FN5O3S/c1-2-30-21(29)20-15(12-24-26-20)14-32-22-27-25-19(28(22)16-8-4-3-5-9-16)13-31-18-11-7-6-10-17(18)23/h3-12H,2,13-14H2,1H3,(H,24,26). The molecule has 2 heterocycles. The third kappa shape index (κ3) is 4.80. The number of aromatic nitrogens is 5. The van der Waals surface area contributed by atoms with Crippen LogP contribution in [0.3, 0.4) is 0 Å². The van der Waals surface area contributed by atoms with Gasteiger partial charge in [0.2, 0.25) is 0 Å². The Morgan fingerprint density at radius 2 is 1.91 bits per heavy atom. The fraction of sp³-hybridized carbons (Fsp3) is 0.182. The minimum absolute atomic E-state index is 0.0309. The number of H-pyrrole nitrogens is 1. The molecule has 4 rings (SSSR count). The molecule has 0 aliphatic heterocycles. The van der Waals surface area contributed by atoms with Gasteiger partial charge in [-0.1, -0.05) is 42.1 Å². The average Bonchev–Trinajstić information content (AvgIpc) is 3.45. The van der Waals surface area contributed by atoms with E-state index in [1.165, 1.54) is 17.8 Å². The van der Waals surface area contributed by atoms with Gasteiger partial charge in [-0.2, -0.15) is 5.10 Å². The molecule has 32 heavy (non-hydrogen) atoms. The molecule has 0 saturated carbocycles. The van der Waals surface area contributed by atoms with Crippen LogP contribution in [0.1, 0.15) is 28.8 Å². The lowest BCUT2D eigenvalue weighted by Gasteiger charge is -2.11. The summed E-state index contributed by atoms with van der Waals surface area (Å²) < 4.78 is 26.5. The van der Waals surface area contributed by atoms with E-state index in [2.05, 4.69) is 20.4 Å². The van der Waals surface area contributed by atoms with Gasteiger partial charge in [0, 0.05) is 17.0 Å². The first-order chi connectivity index (χ1) is 15.7. The molecule has 0 atom stereocenters. The highest BCUT2D eigenvalue weighted by molar-refractivity contribution is 7.98. The highest BCUT2D eigenvalue weighted by Gasteiger charge is 2.19. The predicted octanol–water partition coefficient (Wildman–Crippen LogP) is 4.18. The second-order valence-corrected chi connectivity index (χ2v) is 7.51. The van der Waals surface area contributed by atoms with E-state index in [4.69, 9.17) is 9.47 Å². The van der Waals surface area contributed by atoms with E-state index >= 15 is 0 Å². The number of rotatable bonds is 9. The fourth-order valence-corrected chi connectivity index (χ4v) is 3.91. The van der Waals surface area contributed by atoms with E-state index in [1.807, 2.05) is 34.9 Å². The monoisotopic (exact) mass is 453 g/mol. The van der Waals surface area contributed by atoms with Crippen molar-refractivity contribution in [3.05, 3.63) is 83.7 Å². The van der Waals surface area contributed by atoms with E-state index in [9.17, 15) is 9.18 Å². The molecule has 0 amide bonds. The van der Waals surface area contributed by atoms with Crippen LogP contribution in [-0.4, -0.2) is 37.5 Å². The number of aromatic amines is 1. The third-order valence-electron chi connectivity index (χ3n) is 4.46. The van der Waals surface area contributed by atoms with Gasteiger partial charge in [-0.25, -0.2) is 9.18 Å². The first kappa shape index (κ1) is 21.6. The summed E-state index contributed by atoms with van der Waals surface area (Å²) in [6.45, 7) is 2.05. The van der Waals surface area contributed by atoms with Crippen molar-refractivity contribution in [2.75, 3.05) is 6.61 Å². The molecular formula is C22H20FN5O3S. The predicted molar refractivity (Wildman–Crippen MR) is 116 cm³/mol. The number of benzene rings is 2. The van der Waals surface area contributed by atoms with Gasteiger partial charge in [-0.05, 0) is 31.2 Å². The van der Waals surface area contributed by atoms with Crippen LogP contribution in [0.4, 0.5) is 4.39 Å². The maximum absolute atomic E-state index is 13.9. The number of halogens is 1. The highest BCUT2D eigenvalue weighted by atomic mass is 32.2. The largest absolute Gasteiger partial charge is 0.483 e. The molecule has 8 nitrogen and oxygen atoms in total. The number of hydrogen-bond donors (Lipinski definition) is 1. The lowest BCUT2D eigenvalue weighted by molar-refractivity contribution is 0.0518. The normalized spacial score (nSPS) is 10.8. The van der Waals surface area contributed by atoms with E-state index in [0.29, 0.717) is 28.0 Å². The molecule has 0 aliphatic rings. The Morgan fingerprint density at radius 1 is 1.12 bits per heavy atom. The van der Waals surface area contributed by atoms with E-state index in [-0.39, 0.29) is 19.0 Å². The van der Waals surface area contributed by atoms with E-state index in [0.717, 1.165) is 5.69 Å². The molecule has 0 spiro atoms. The van der Waals surface area contributed by atoms with Gasteiger partial charge in [-0.3, -0.25) is 9.67 Å². The molecule has 0 aliphatic carbocycles. The number of ether oxygens (including phenoxy) is 2. The summed E-state index contributed by atoms with van der Waals surface area (Å²) in [5.74, 6) is 0.175. The Bertz CT molecular complexity index is 1200. The van der Waals surface area contributed by atoms with E-state index < -0.39 is 11.8 Å². The highest BCUT2D eigenvalue weighted by Crippen LogP contribution is 2.27. The number of carbonyl (C=O) groups is 1. The van der Waals surface area contributed by atoms with Crippen molar-refractivity contribution in [3.8, 4) is 11.4 Å². The number of esters is 1. The molecule has 0 radical (unpaired) electrons.